The molecule has 1 unspecified atom stereocenters. The fraction of sp³-hybridized carbons (Fsp3) is 0.667. The number of aromatic nitrogens is 1. The van der Waals surface area contributed by atoms with Crippen LogP contribution in [-0.4, -0.2) is 66.4 Å². The normalized spacial score (nSPS) is 22.9. The van der Waals surface area contributed by atoms with Crippen molar-refractivity contribution in [1.82, 2.24) is 9.88 Å². The summed E-state index contributed by atoms with van der Waals surface area (Å²) in [4.78, 5) is 21.3. The number of aliphatic hydroxyl groups is 1. The van der Waals surface area contributed by atoms with Gasteiger partial charge in [-0.3, -0.25) is 4.79 Å². The van der Waals surface area contributed by atoms with Crippen molar-refractivity contribution in [2.75, 3.05) is 38.3 Å². The van der Waals surface area contributed by atoms with Gasteiger partial charge in [-0.2, -0.15) is 0 Å². The highest BCUT2D eigenvalue weighted by Gasteiger charge is 2.27. The highest BCUT2D eigenvalue weighted by molar-refractivity contribution is 5.99. The Bertz CT molecular complexity index is 560. The van der Waals surface area contributed by atoms with Crippen LogP contribution in [0.3, 0.4) is 0 Å². The van der Waals surface area contributed by atoms with Gasteiger partial charge in [-0.1, -0.05) is 19.3 Å². The first-order valence-electron chi connectivity index (χ1n) is 8.89. The Morgan fingerprint density at radius 3 is 2.96 bits per heavy atom. The molecule has 0 radical (unpaired) electrons. The maximum Gasteiger partial charge on any atom is 0.257 e. The monoisotopic (exact) mass is 333 g/mol. The minimum absolute atomic E-state index is 0.0784. The van der Waals surface area contributed by atoms with Crippen molar-refractivity contribution in [3.63, 3.8) is 0 Å². The van der Waals surface area contributed by atoms with E-state index in [9.17, 15) is 9.90 Å². The number of carbonyl (C=O) groups excluding carboxylic acids is 1. The zero-order valence-corrected chi connectivity index (χ0v) is 14.4. The van der Waals surface area contributed by atoms with E-state index >= 15 is 0 Å². The number of carbonyl (C=O) groups is 1. The Hall–Kier alpha value is -1.66. The van der Waals surface area contributed by atoms with Gasteiger partial charge in [0.25, 0.3) is 5.91 Å². The molecule has 0 aromatic carbocycles. The second-order valence-corrected chi connectivity index (χ2v) is 6.76. The molecular formula is C18H27N3O3. The summed E-state index contributed by atoms with van der Waals surface area (Å²) >= 11 is 0. The highest BCUT2D eigenvalue weighted by atomic mass is 16.5. The molecule has 1 N–H and O–H groups in total. The third-order valence-electron chi connectivity index (χ3n) is 5.01. The molecule has 1 aromatic heterocycles. The van der Waals surface area contributed by atoms with E-state index in [4.69, 9.17) is 4.74 Å². The maximum absolute atomic E-state index is 13.0. The predicted molar refractivity (Wildman–Crippen MR) is 92.2 cm³/mol. The maximum atomic E-state index is 13.0. The van der Waals surface area contributed by atoms with Gasteiger partial charge in [0, 0.05) is 32.4 Å². The molecule has 0 bridgehead atoms. The SMILES string of the molecule is CN(c1ncccc1C(=O)N1CCOCC(O)C1)C1CCCCC1. The number of rotatable bonds is 3. The smallest absolute Gasteiger partial charge is 0.257 e. The lowest BCUT2D eigenvalue weighted by atomic mass is 9.94. The largest absolute Gasteiger partial charge is 0.389 e. The molecule has 24 heavy (non-hydrogen) atoms. The van der Waals surface area contributed by atoms with Gasteiger partial charge in [0.1, 0.15) is 5.82 Å². The van der Waals surface area contributed by atoms with Gasteiger partial charge in [-0.15, -0.1) is 0 Å². The first-order chi connectivity index (χ1) is 11.7. The summed E-state index contributed by atoms with van der Waals surface area (Å²) in [5, 5.41) is 9.89. The highest BCUT2D eigenvalue weighted by Crippen LogP contribution is 2.27. The first kappa shape index (κ1) is 17.2. The number of amides is 1. The Labute approximate surface area is 143 Å². The van der Waals surface area contributed by atoms with Gasteiger partial charge in [-0.05, 0) is 25.0 Å². The van der Waals surface area contributed by atoms with Crippen molar-refractivity contribution < 1.29 is 14.6 Å². The van der Waals surface area contributed by atoms with Crippen molar-refractivity contribution in [3.8, 4) is 0 Å². The molecule has 1 saturated heterocycles. The Balaban J connectivity index is 1.81. The number of β-amino-alcohol motifs (C(OH)–C–C–N with tert-alkyl or cyclic N) is 1. The molecule has 2 heterocycles. The van der Waals surface area contributed by atoms with Crippen LogP contribution in [0.2, 0.25) is 0 Å². The van der Waals surface area contributed by atoms with Crippen LogP contribution in [0.4, 0.5) is 5.82 Å². The van der Waals surface area contributed by atoms with Crippen LogP contribution < -0.4 is 4.90 Å². The molecule has 0 spiro atoms. The number of anilines is 1. The number of nitrogens with zero attached hydrogens (tertiary/aromatic N) is 3. The van der Waals surface area contributed by atoms with E-state index in [-0.39, 0.29) is 12.5 Å². The summed E-state index contributed by atoms with van der Waals surface area (Å²) < 4.78 is 5.33. The lowest BCUT2D eigenvalue weighted by Crippen LogP contribution is -2.40. The van der Waals surface area contributed by atoms with Crippen molar-refractivity contribution >= 4 is 11.7 Å². The molecule has 1 amide bonds. The molecule has 2 aliphatic rings. The molecule has 6 nitrogen and oxygen atoms in total. The lowest BCUT2D eigenvalue weighted by molar-refractivity contribution is 0.0534. The summed E-state index contributed by atoms with van der Waals surface area (Å²) in [6, 6.07) is 4.08. The molecule has 1 aromatic rings. The van der Waals surface area contributed by atoms with Crippen LogP contribution in [0.5, 0.6) is 0 Å². The quantitative estimate of drug-likeness (QED) is 0.912. The molecule has 6 heteroatoms. The third-order valence-corrected chi connectivity index (χ3v) is 5.01. The number of aliphatic hydroxyl groups excluding tert-OH is 1. The van der Waals surface area contributed by atoms with Gasteiger partial charge in [-0.25, -0.2) is 4.98 Å². The van der Waals surface area contributed by atoms with E-state index in [1.807, 2.05) is 13.1 Å². The zero-order chi connectivity index (χ0) is 16.9. The van der Waals surface area contributed by atoms with Gasteiger partial charge in [0.05, 0.1) is 24.9 Å². The van der Waals surface area contributed by atoms with Crippen molar-refractivity contribution in [2.24, 2.45) is 0 Å². The van der Waals surface area contributed by atoms with E-state index in [1.165, 1.54) is 19.3 Å². The average molecular weight is 333 g/mol. The topological polar surface area (TPSA) is 65.9 Å². The second kappa shape index (κ2) is 7.94. The van der Waals surface area contributed by atoms with E-state index < -0.39 is 6.10 Å². The number of hydrogen-bond donors (Lipinski definition) is 1. The van der Waals surface area contributed by atoms with Crippen LogP contribution in [0.1, 0.15) is 42.5 Å². The molecule has 2 fully saturated rings. The number of hydrogen-bond acceptors (Lipinski definition) is 5. The van der Waals surface area contributed by atoms with E-state index in [0.29, 0.717) is 31.3 Å². The first-order valence-corrected chi connectivity index (χ1v) is 8.89. The minimum Gasteiger partial charge on any atom is -0.389 e. The fourth-order valence-electron chi connectivity index (χ4n) is 3.63. The van der Waals surface area contributed by atoms with Gasteiger partial charge in [0.2, 0.25) is 0 Å². The van der Waals surface area contributed by atoms with E-state index in [2.05, 4.69) is 9.88 Å². The molecule has 1 atom stereocenters. The Kier molecular flexibility index (Phi) is 5.68. The summed E-state index contributed by atoms with van der Waals surface area (Å²) in [5.41, 5.74) is 0.611. The second-order valence-electron chi connectivity index (χ2n) is 6.76. The molecular weight excluding hydrogens is 306 g/mol. The molecule has 1 aliphatic heterocycles. The summed E-state index contributed by atoms with van der Waals surface area (Å²) in [7, 11) is 2.04. The number of pyridine rings is 1. The van der Waals surface area contributed by atoms with Crippen LogP contribution >= 0.6 is 0 Å². The van der Waals surface area contributed by atoms with Crippen LogP contribution in [0.15, 0.2) is 18.3 Å². The molecule has 1 saturated carbocycles. The van der Waals surface area contributed by atoms with Crippen LogP contribution in [0.25, 0.3) is 0 Å². The Morgan fingerprint density at radius 1 is 1.38 bits per heavy atom. The van der Waals surface area contributed by atoms with E-state index in [1.54, 1.807) is 17.2 Å². The third kappa shape index (κ3) is 3.87. The van der Waals surface area contributed by atoms with Gasteiger partial charge >= 0.3 is 0 Å². The van der Waals surface area contributed by atoms with Crippen LogP contribution in [0, 0.1) is 0 Å². The predicted octanol–water partition coefficient (Wildman–Crippen LogP) is 1.68. The fourth-order valence-corrected chi connectivity index (χ4v) is 3.63. The van der Waals surface area contributed by atoms with Gasteiger partial charge < -0.3 is 19.6 Å². The molecule has 1 aliphatic carbocycles. The average Bonchev–Trinajstić information content (AvgIpc) is 2.85. The van der Waals surface area contributed by atoms with E-state index in [0.717, 1.165) is 18.7 Å². The molecule has 132 valence electrons. The molecule has 3 rings (SSSR count). The van der Waals surface area contributed by atoms with Crippen molar-refractivity contribution in [3.05, 3.63) is 23.9 Å². The zero-order valence-electron chi connectivity index (χ0n) is 14.4. The summed E-state index contributed by atoms with van der Waals surface area (Å²) in [5.74, 6) is 0.666. The van der Waals surface area contributed by atoms with Crippen molar-refractivity contribution in [1.29, 1.82) is 0 Å². The summed E-state index contributed by atoms with van der Waals surface area (Å²) in [6.45, 7) is 1.54. The summed E-state index contributed by atoms with van der Waals surface area (Å²) in [6.07, 6.45) is 7.18. The van der Waals surface area contributed by atoms with Crippen LogP contribution in [-0.2, 0) is 4.74 Å². The number of ether oxygens (including phenoxy) is 1. The minimum atomic E-state index is -0.632. The standard InChI is InChI=1S/C18H27N3O3/c1-20(14-6-3-2-4-7-14)17-16(8-5-9-19-17)18(23)21-10-11-24-13-15(22)12-21/h5,8-9,14-15,22H,2-4,6-7,10-13H2,1H3. The Morgan fingerprint density at radius 2 is 2.17 bits per heavy atom. The van der Waals surface area contributed by atoms with Gasteiger partial charge in [0.15, 0.2) is 0 Å². The lowest BCUT2D eigenvalue weighted by Gasteiger charge is -2.33. The van der Waals surface area contributed by atoms with Crippen molar-refractivity contribution in [2.45, 2.75) is 44.2 Å².